The lowest BCUT2D eigenvalue weighted by Crippen LogP contribution is -2.45. The number of aromatic nitrogens is 1. The van der Waals surface area contributed by atoms with Gasteiger partial charge in [0.1, 0.15) is 0 Å². The van der Waals surface area contributed by atoms with Gasteiger partial charge in [-0.05, 0) is 43.6 Å². The van der Waals surface area contributed by atoms with E-state index in [-0.39, 0.29) is 11.5 Å². The molecule has 1 aliphatic carbocycles. The molecule has 0 radical (unpaired) electrons. The quantitative estimate of drug-likeness (QED) is 0.678. The number of hydrogen-bond acceptors (Lipinski definition) is 2. The number of nitrogens with one attached hydrogen (secondary N) is 1. The summed E-state index contributed by atoms with van der Waals surface area (Å²) in [7, 11) is 1.93. The Morgan fingerprint density at radius 2 is 1.88 bits per heavy atom. The van der Waals surface area contributed by atoms with Gasteiger partial charge < -0.3 is 9.88 Å². The standard InChI is InChI=1S/C21H28N2O2/c1-13-10-15(12-21(3,4)11-13)22-20(25)19(24)18-14(2)23(5)17-9-7-6-8-16(17)18/h6-9,13,15H,10-12H2,1-5H3,(H,22,25)/t13-,15+/m1/s1. The molecular formula is C21H28N2O2. The first kappa shape index (κ1) is 17.7. The van der Waals surface area contributed by atoms with Crippen LogP contribution in [0, 0.1) is 18.3 Å². The molecular weight excluding hydrogens is 312 g/mol. The summed E-state index contributed by atoms with van der Waals surface area (Å²) >= 11 is 0. The fraction of sp³-hybridized carbons (Fsp3) is 0.524. The van der Waals surface area contributed by atoms with Crippen molar-refractivity contribution in [2.75, 3.05) is 0 Å². The molecule has 1 fully saturated rings. The number of ketones is 1. The minimum absolute atomic E-state index is 0.0745. The Morgan fingerprint density at radius 1 is 1.20 bits per heavy atom. The molecule has 4 heteroatoms. The van der Waals surface area contributed by atoms with E-state index in [0.29, 0.717) is 11.5 Å². The second-order valence-corrected chi connectivity index (χ2v) is 8.45. The van der Waals surface area contributed by atoms with E-state index in [1.807, 2.05) is 42.8 Å². The monoisotopic (exact) mass is 340 g/mol. The number of carbonyl (C=O) groups excluding carboxylic acids is 2. The summed E-state index contributed by atoms with van der Waals surface area (Å²) in [6.45, 7) is 8.58. The lowest BCUT2D eigenvalue weighted by molar-refractivity contribution is -0.118. The third-order valence-electron chi connectivity index (χ3n) is 5.56. The Balaban J connectivity index is 1.84. The fourth-order valence-electron chi connectivity index (χ4n) is 4.63. The molecule has 0 bridgehead atoms. The van der Waals surface area contributed by atoms with E-state index in [1.165, 1.54) is 0 Å². The summed E-state index contributed by atoms with van der Waals surface area (Å²) < 4.78 is 1.97. The zero-order valence-corrected chi connectivity index (χ0v) is 15.8. The van der Waals surface area contributed by atoms with Crippen molar-refractivity contribution in [3.05, 3.63) is 35.5 Å². The Hall–Kier alpha value is -2.10. The first-order valence-electron chi connectivity index (χ1n) is 9.09. The van der Waals surface area contributed by atoms with Crippen LogP contribution in [0.25, 0.3) is 10.9 Å². The van der Waals surface area contributed by atoms with Crippen molar-refractivity contribution < 1.29 is 9.59 Å². The molecule has 0 spiro atoms. The molecule has 1 N–H and O–H groups in total. The Labute approximate surface area is 149 Å². The maximum absolute atomic E-state index is 12.9. The third-order valence-corrected chi connectivity index (χ3v) is 5.56. The number of Topliss-reactive ketones (excluding diaryl/α,β-unsaturated/α-hetero) is 1. The summed E-state index contributed by atoms with van der Waals surface area (Å²) in [6.07, 6.45) is 3.03. The molecule has 2 atom stereocenters. The van der Waals surface area contributed by atoms with Crippen LogP contribution in [0.1, 0.15) is 56.1 Å². The van der Waals surface area contributed by atoms with Gasteiger partial charge in [-0.25, -0.2) is 0 Å². The maximum atomic E-state index is 12.9. The predicted octanol–water partition coefficient (Wildman–Crippen LogP) is 4.00. The summed E-state index contributed by atoms with van der Waals surface area (Å²) in [4.78, 5) is 25.5. The number of amides is 1. The average Bonchev–Trinajstić information content (AvgIpc) is 2.76. The number of benzene rings is 1. The van der Waals surface area contributed by atoms with Crippen LogP contribution in [0.4, 0.5) is 0 Å². The molecule has 0 saturated heterocycles. The molecule has 1 heterocycles. The van der Waals surface area contributed by atoms with E-state index in [9.17, 15) is 9.59 Å². The van der Waals surface area contributed by atoms with Gasteiger partial charge in [0.15, 0.2) is 0 Å². The van der Waals surface area contributed by atoms with Gasteiger partial charge in [0, 0.05) is 29.7 Å². The minimum Gasteiger partial charge on any atom is -0.347 e. The van der Waals surface area contributed by atoms with Crippen molar-refractivity contribution in [1.29, 1.82) is 0 Å². The van der Waals surface area contributed by atoms with Gasteiger partial charge in [0.25, 0.3) is 11.7 Å². The van der Waals surface area contributed by atoms with Crippen molar-refractivity contribution in [3.63, 3.8) is 0 Å². The van der Waals surface area contributed by atoms with Gasteiger partial charge in [-0.15, -0.1) is 0 Å². The predicted molar refractivity (Wildman–Crippen MR) is 101 cm³/mol. The van der Waals surface area contributed by atoms with Crippen molar-refractivity contribution >= 4 is 22.6 Å². The summed E-state index contributed by atoms with van der Waals surface area (Å²) in [5.41, 5.74) is 2.54. The number of hydrogen-bond donors (Lipinski definition) is 1. The second-order valence-electron chi connectivity index (χ2n) is 8.45. The van der Waals surface area contributed by atoms with Gasteiger partial charge in [0.2, 0.25) is 0 Å². The maximum Gasteiger partial charge on any atom is 0.292 e. The first-order chi connectivity index (χ1) is 11.7. The lowest BCUT2D eigenvalue weighted by Gasteiger charge is -2.39. The molecule has 0 unspecified atom stereocenters. The fourth-order valence-corrected chi connectivity index (χ4v) is 4.63. The average molecular weight is 340 g/mol. The largest absolute Gasteiger partial charge is 0.347 e. The highest BCUT2D eigenvalue weighted by molar-refractivity contribution is 6.45. The second kappa shape index (κ2) is 6.32. The SMILES string of the molecule is Cc1c(C(=O)C(=O)N[C@H]2C[C@@H](C)CC(C)(C)C2)c2ccccc2n1C. The first-order valence-corrected chi connectivity index (χ1v) is 9.09. The van der Waals surface area contributed by atoms with Crippen LogP contribution in [0.5, 0.6) is 0 Å². The highest BCUT2D eigenvalue weighted by Gasteiger charge is 2.34. The van der Waals surface area contributed by atoms with Crippen LogP contribution in [-0.4, -0.2) is 22.3 Å². The van der Waals surface area contributed by atoms with Gasteiger partial charge in [-0.3, -0.25) is 9.59 Å². The van der Waals surface area contributed by atoms with E-state index in [2.05, 4.69) is 26.1 Å². The van der Waals surface area contributed by atoms with Crippen LogP contribution in [-0.2, 0) is 11.8 Å². The van der Waals surface area contributed by atoms with Gasteiger partial charge in [0.05, 0.1) is 5.56 Å². The normalized spacial score (nSPS) is 22.8. The number of fused-ring (bicyclic) bond motifs is 1. The zero-order valence-electron chi connectivity index (χ0n) is 15.8. The van der Waals surface area contributed by atoms with Crippen molar-refractivity contribution in [2.45, 2.75) is 53.0 Å². The zero-order chi connectivity index (χ0) is 18.4. The molecule has 1 aromatic heterocycles. The molecule has 3 rings (SSSR count). The van der Waals surface area contributed by atoms with Crippen LogP contribution in [0.15, 0.2) is 24.3 Å². The summed E-state index contributed by atoms with van der Waals surface area (Å²) in [5, 5.41) is 3.85. The van der Waals surface area contributed by atoms with Crippen LogP contribution >= 0.6 is 0 Å². The van der Waals surface area contributed by atoms with Crippen LogP contribution in [0.3, 0.4) is 0 Å². The molecule has 4 nitrogen and oxygen atoms in total. The lowest BCUT2D eigenvalue weighted by atomic mass is 9.70. The van der Waals surface area contributed by atoms with Crippen molar-refractivity contribution in [2.24, 2.45) is 18.4 Å². The number of nitrogens with zero attached hydrogens (tertiary/aromatic N) is 1. The van der Waals surface area contributed by atoms with E-state index in [0.717, 1.165) is 35.9 Å². The molecule has 134 valence electrons. The number of para-hydroxylation sites is 1. The van der Waals surface area contributed by atoms with Crippen LogP contribution < -0.4 is 5.32 Å². The summed E-state index contributed by atoms with van der Waals surface area (Å²) in [5.74, 6) is -0.344. The highest BCUT2D eigenvalue weighted by Crippen LogP contribution is 2.38. The summed E-state index contributed by atoms with van der Waals surface area (Å²) in [6, 6.07) is 7.81. The molecule has 1 amide bonds. The Morgan fingerprint density at radius 3 is 2.56 bits per heavy atom. The Kier molecular flexibility index (Phi) is 4.48. The highest BCUT2D eigenvalue weighted by atomic mass is 16.2. The molecule has 25 heavy (non-hydrogen) atoms. The van der Waals surface area contributed by atoms with Gasteiger partial charge in [-0.1, -0.05) is 39.0 Å². The molecule has 1 aliphatic rings. The van der Waals surface area contributed by atoms with E-state index >= 15 is 0 Å². The molecule has 2 aromatic rings. The van der Waals surface area contributed by atoms with E-state index < -0.39 is 11.7 Å². The molecule has 0 aliphatic heterocycles. The van der Waals surface area contributed by atoms with Crippen molar-refractivity contribution in [3.8, 4) is 0 Å². The third kappa shape index (κ3) is 3.35. The van der Waals surface area contributed by atoms with Crippen molar-refractivity contribution in [1.82, 2.24) is 9.88 Å². The van der Waals surface area contributed by atoms with Gasteiger partial charge >= 0.3 is 0 Å². The van der Waals surface area contributed by atoms with Crippen LogP contribution in [0.2, 0.25) is 0 Å². The molecule has 1 saturated carbocycles. The molecule has 1 aromatic carbocycles. The minimum atomic E-state index is -0.477. The number of rotatable bonds is 3. The van der Waals surface area contributed by atoms with Gasteiger partial charge in [-0.2, -0.15) is 0 Å². The van der Waals surface area contributed by atoms with E-state index in [4.69, 9.17) is 0 Å². The smallest absolute Gasteiger partial charge is 0.292 e. The Bertz CT molecular complexity index is 832. The number of aryl methyl sites for hydroxylation is 1. The number of carbonyl (C=O) groups is 2. The topological polar surface area (TPSA) is 51.1 Å². The van der Waals surface area contributed by atoms with E-state index in [1.54, 1.807) is 0 Å².